The normalized spacial score (nSPS) is 11.0. The van der Waals surface area contributed by atoms with E-state index in [0.717, 1.165) is 16.7 Å². The summed E-state index contributed by atoms with van der Waals surface area (Å²) in [5.41, 5.74) is 7.23. The predicted molar refractivity (Wildman–Crippen MR) is 113 cm³/mol. The Morgan fingerprint density at radius 2 is 1.45 bits per heavy atom. The molecule has 0 aromatic heterocycles. The van der Waals surface area contributed by atoms with Crippen LogP contribution < -0.4 is 20.3 Å². The van der Waals surface area contributed by atoms with Crippen LogP contribution in [0.25, 0.3) is 0 Å². The van der Waals surface area contributed by atoms with Crippen molar-refractivity contribution in [3.63, 3.8) is 0 Å². The van der Waals surface area contributed by atoms with Gasteiger partial charge in [0.1, 0.15) is 11.5 Å². The maximum absolute atomic E-state index is 12.0. The number of hydrazine groups is 1. The van der Waals surface area contributed by atoms with Gasteiger partial charge in [-0.2, -0.15) is 0 Å². The van der Waals surface area contributed by atoms with Crippen LogP contribution in [0.1, 0.15) is 37.5 Å². The fraction of sp³-hybridized carbons (Fsp3) is 0.364. The molecule has 2 amide bonds. The zero-order chi connectivity index (χ0) is 21.6. The maximum Gasteiger partial charge on any atom is 0.276 e. The first-order valence-corrected chi connectivity index (χ1v) is 9.65. The zero-order valence-corrected chi connectivity index (χ0v) is 18.1. The van der Waals surface area contributed by atoms with Gasteiger partial charge in [0.05, 0.1) is 0 Å². The lowest BCUT2D eigenvalue weighted by atomic mass is 9.86. The van der Waals surface area contributed by atoms with Gasteiger partial charge < -0.3 is 9.47 Å². The van der Waals surface area contributed by atoms with Crippen LogP contribution in [0.2, 0.25) is 5.02 Å². The molecule has 0 unspecified atom stereocenters. The molecule has 2 aromatic rings. The largest absolute Gasteiger partial charge is 0.484 e. The van der Waals surface area contributed by atoms with Crippen molar-refractivity contribution in [1.82, 2.24) is 10.9 Å². The average Bonchev–Trinajstić information content (AvgIpc) is 2.66. The molecule has 0 atom stereocenters. The van der Waals surface area contributed by atoms with E-state index in [2.05, 4.69) is 31.6 Å². The van der Waals surface area contributed by atoms with E-state index >= 15 is 0 Å². The number of rotatable bonds is 6. The first-order valence-electron chi connectivity index (χ1n) is 9.27. The number of hydrogen-bond acceptors (Lipinski definition) is 4. The second kappa shape index (κ2) is 9.65. The van der Waals surface area contributed by atoms with Gasteiger partial charge in [-0.1, -0.05) is 50.6 Å². The summed E-state index contributed by atoms with van der Waals surface area (Å²) in [6.07, 6.45) is 0. The Hall–Kier alpha value is -2.73. The summed E-state index contributed by atoms with van der Waals surface area (Å²) in [5, 5.41) is 0.669. The van der Waals surface area contributed by atoms with Crippen LogP contribution in [0.15, 0.2) is 36.4 Å². The van der Waals surface area contributed by atoms with Crippen molar-refractivity contribution in [3.8, 4) is 11.5 Å². The highest BCUT2D eigenvalue weighted by Gasteiger charge is 2.19. The molecule has 2 aromatic carbocycles. The summed E-state index contributed by atoms with van der Waals surface area (Å²) in [6, 6.07) is 11.1. The molecule has 0 spiro atoms. The minimum absolute atomic E-state index is 0.114. The number of halogens is 1. The summed E-state index contributed by atoms with van der Waals surface area (Å²) in [7, 11) is 0. The minimum atomic E-state index is -0.487. The zero-order valence-electron chi connectivity index (χ0n) is 17.4. The molecular weight excluding hydrogens is 392 g/mol. The van der Waals surface area contributed by atoms with Gasteiger partial charge in [-0.25, -0.2) is 0 Å². The molecule has 0 aliphatic rings. The number of carbonyl (C=O) groups excluding carboxylic acids is 2. The van der Waals surface area contributed by atoms with Crippen LogP contribution in [0.4, 0.5) is 0 Å². The third kappa shape index (κ3) is 6.68. The van der Waals surface area contributed by atoms with Crippen molar-refractivity contribution in [1.29, 1.82) is 0 Å². The smallest absolute Gasteiger partial charge is 0.276 e. The first-order chi connectivity index (χ1) is 13.6. The lowest BCUT2D eigenvalue weighted by Gasteiger charge is -2.22. The van der Waals surface area contributed by atoms with Gasteiger partial charge in [0.2, 0.25) is 0 Å². The minimum Gasteiger partial charge on any atom is -0.484 e. The fourth-order valence-corrected chi connectivity index (χ4v) is 2.81. The number of nitrogens with one attached hydrogen (secondary N) is 2. The van der Waals surface area contributed by atoms with Crippen LogP contribution in [-0.2, 0) is 15.0 Å². The van der Waals surface area contributed by atoms with Crippen LogP contribution in [0.5, 0.6) is 11.5 Å². The SMILES string of the molecule is Cc1cc(OCC(=O)NNC(=O)COc2ccccc2C(C)(C)C)cc(C)c1Cl. The second-order valence-corrected chi connectivity index (χ2v) is 8.17. The Bertz CT molecular complexity index is 868. The molecular formula is C22H27ClN2O4. The molecule has 6 nitrogen and oxygen atoms in total. The Kier molecular flexibility index (Phi) is 7.51. The number of benzene rings is 2. The van der Waals surface area contributed by atoms with Crippen LogP contribution in [0.3, 0.4) is 0 Å². The number of para-hydroxylation sites is 1. The second-order valence-electron chi connectivity index (χ2n) is 7.79. The number of hydrogen-bond donors (Lipinski definition) is 2. The van der Waals surface area contributed by atoms with Gasteiger partial charge in [0.25, 0.3) is 11.8 Å². The summed E-state index contributed by atoms with van der Waals surface area (Å²) < 4.78 is 11.1. The van der Waals surface area contributed by atoms with E-state index in [1.54, 1.807) is 12.1 Å². The Morgan fingerprint density at radius 3 is 2.00 bits per heavy atom. The molecule has 0 heterocycles. The van der Waals surface area contributed by atoms with E-state index < -0.39 is 11.8 Å². The molecule has 0 bridgehead atoms. The Labute approximate surface area is 176 Å². The fourth-order valence-electron chi connectivity index (χ4n) is 2.71. The van der Waals surface area contributed by atoms with Gasteiger partial charge >= 0.3 is 0 Å². The van der Waals surface area contributed by atoms with E-state index in [9.17, 15) is 9.59 Å². The molecule has 2 N–H and O–H groups in total. The number of ether oxygens (including phenoxy) is 2. The average molecular weight is 419 g/mol. The molecule has 0 radical (unpaired) electrons. The van der Waals surface area contributed by atoms with E-state index in [0.29, 0.717) is 16.5 Å². The first kappa shape index (κ1) is 22.6. The van der Waals surface area contributed by atoms with Crippen LogP contribution >= 0.6 is 11.6 Å². The number of aryl methyl sites for hydroxylation is 2. The van der Waals surface area contributed by atoms with Gasteiger partial charge in [-0.05, 0) is 54.2 Å². The van der Waals surface area contributed by atoms with Crippen molar-refractivity contribution in [2.24, 2.45) is 0 Å². The summed E-state index contributed by atoms with van der Waals surface area (Å²) in [4.78, 5) is 23.9. The molecule has 0 aliphatic heterocycles. The molecule has 29 heavy (non-hydrogen) atoms. The predicted octanol–water partition coefficient (Wildman–Crippen LogP) is 3.86. The molecule has 0 saturated heterocycles. The van der Waals surface area contributed by atoms with Crippen molar-refractivity contribution in [3.05, 3.63) is 58.1 Å². The Balaban J connectivity index is 1.79. The lowest BCUT2D eigenvalue weighted by molar-refractivity contribution is -0.131. The van der Waals surface area contributed by atoms with Crippen molar-refractivity contribution < 1.29 is 19.1 Å². The molecule has 2 rings (SSSR count). The van der Waals surface area contributed by atoms with E-state index in [4.69, 9.17) is 21.1 Å². The summed E-state index contributed by atoms with van der Waals surface area (Å²) in [6.45, 7) is 9.47. The summed E-state index contributed by atoms with van der Waals surface area (Å²) in [5.74, 6) is 0.213. The van der Waals surface area contributed by atoms with Gasteiger partial charge in [0.15, 0.2) is 13.2 Å². The highest BCUT2D eigenvalue weighted by molar-refractivity contribution is 6.32. The standard InChI is InChI=1S/C22H27ClN2O4/c1-14-10-16(11-15(2)21(14)23)28-12-19(26)24-25-20(27)13-29-18-9-7-6-8-17(18)22(3,4)5/h6-11H,12-13H2,1-5H3,(H,24,26)(H,25,27). The maximum atomic E-state index is 12.0. The summed E-state index contributed by atoms with van der Waals surface area (Å²) >= 11 is 6.11. The van der Waals surface area contributed by atoms with Gasteiger partial charge in [-0.3, -0.25) is 20.4 Å². The van der Waals surface area contributed by atoms with Crippen molar-refractivity contribution in [2.75, 3.05) is 13.2 Å². The molecule has 0 saturated carbocycles. The van der Waals surface area contributed by atoms with Crippen molar-refractivity contribution >= 4 is 23.4 Å². The number of carbonyl (C=O) groups is 2. The molecule has 156 valence electrons. The molecule has 0 fully saturated rings. The van der Waals surface area contributed by atoms with Crippen LogP contribution in [-0.4, -0.2) is 25.0 Å². The topological polar surface area (TPSA) is 76.7 Å². The third-order valence-electron chi connectivity index (χ3n) is 4.18. The lowest BCUT2D eigenvalue weighted by Crippen LogP contribution is -2.45. The van der Waals surface area contributed by atoms with E-state index in [1.165, 1.54) is 0 Å². The van der Waals surface area contributed by atoms with E-state index in [1.807, 2.05) is 38.1 Å². The molecule has 7 heteroatoms. The third-order valence-corrected chi connectivity index (χ3v) is 4.77. The van der Waals surface area contributed by atoms with Gasteiger partial charge in [0, 0.05) is 5.02 Å². The highest BCUT2D eigenvalue weighted by Crippen LogP contribution is 2.30. The highest BCUT2D eigenvalue weighted by atomic mass is 35.5. The van der Waals surface area contributed by atoms with Crippen LogP contribution in [0, 0.1) is 13.8 Å². The van der Waals surface area contributed by atoms with Crippen molar-refractivity contribution in [2.45, 2.75) is 40.0 Å². The molecule has 0 aliphatic carbocycles. The Morgan fingerprint density at radius 1 is 0.931 bits per heavy atom. The monoisotopic (exact) mass is 418 g/mol. The van der Waals surface area contributed by atoms with E-state index in [-0.39, 0.29) is 18.6 Å². The quantitative estimate of drug-likeness (QED) is 0.698. The number of amides is 2. The van der Waals surface area contributed by atoms with Gasteiger partial charge in [-0.15, -0.1) is 0 Å².